The van der Waals surface area contributed by atoms with Crippen LogP contribution in [0.3, 0.4) is 0 Å². The Balaban J connectivity index is 2.54. The van der Waals surface area contributed by atoms with Crippen LogP contribution in [0.1, 0.15) is 37.0 Å². The zero-order valence-corrected chi connectivity index (χ0v) is 10.5. The van der Waals surface area contributed by atoms with E-state index < -0.39 is 0 Å². The SMILES string of the molecule is CCCOc1cncc(C(=O)CCNCC)c1. The molecule has 0 aliphatic carbocycles. The van der Waals surface area contributed by atoms with Gasteiger partial charge in [-0.15, -0.1) is 0 Å². The third kappa shape index (κ3) is 4.95. The molecule has 0 aromatic carbocycles. The molecule has 1 rings (SSSR count). The van der Waals surface area contributed by atoms with Crippen LogP contribution in [0, 0.1) is 0 Å². The molecule has 0 radical (unpaired) electrons. The molecule has 0 fully saturated rings. The highest BCUT2D eigenvalue weighted by Crippen LogP contribution is 2.12. The van der Waals surface area contributed by atoms with Crippen LogP contribution in [0.15, 0.2) is 18.5 Å². The Kier molecular flexibility index (Phi) is 6.25. The Labute approximate surface area is 102 Å². The second-order valence-electron chi connectivity index (χ2n) is 3.78. The third-order valence-electron chi connectivity index (χ3n) is 2.29. The van der Waals surface area contributed by atoms with Gasteiger partial charge in [0.1, 0.15) is 5.75 Å². The van der Waals surface area contributed by atoms with Crippen molar-refractivity contribution < 1.29 is 9.53 Å². The van der Waals surface area contributed by atoms with Crippen LogP contribution in [0.4, 0.5) is 0 Å². The van der Waals surface area contributed by atoms with E-state index in [2.05, 4.69) is 10.3 Å². The number of ketones is 1. The standard InChI is InChI=1S/C13H20N2O2/c1-3-7-17-12-8-11(9-15-10-12)13(16)5-6-14-4-2/h8-10,14H,3-7H2,1-2H3. The number of pyridine rings is 1. The van der Waals surface area contributed by atoms with Crippen LogP contribution in [-0.2, 0) is 0 Å². The number of hydrogen-bond acceptors (Lipinski definition) is 4. The molecule has 1 aromatic rings. The molecule has 0 saturated heterocycles. The molecule has 0 saturated carbocycles. The highest BCUT2D eigenvalue weighted by atomic mass is 16.5. The van der Waals surface area contributed by atoms with E-state index in [1.807, 2.05) is 13.8 Å². The summed E-state index contributed by atoms with van der Waals surface area (Å²) in [5.41, 5.74) is 0.622. The summed E-state index contributed by atoms with van der Waals surface area (Å²) in [7, 11) is 0. The van der Waals surface area contributed by atoms with Crippen LogP contribution in [0.2, 0.25) is 0 Å². The van der Waals surface area contributed by atoms with Gasteiger partial charge in [-0.3, -0.25) is 9.78 Å². The molecule has 17 heavy (non-hydrogen) atoms. The van der Waals surface area contributed by atoms with Crippen molar-refractivity contribution >= 4 is 5.78 Å². The van der Waals surface area contributed by atoms with Crippen LogP contribution >= 0.6 is 0 Å². The quantitative estimate of drug-likeness (QED) is 0.554. The molecule has 0 amide bonds. The van der Waals surface area contributed by atoms with Crippen LogP contribution in [0.5, 0.6) is 5.75 Å². The first-order chi connectivity index (χ1) is 8.27. The van der Waals surface area contributed by atoms with Crippen molar-refractivity contribution in [2.45, 2.75) is 26.7 Å². The lowest BCUT2D eigenvalue weighted by atomic mass is 10.1. The molecule has 4 nitrogen and oxygen atoms in total. The van der Waals surface area contributed by atoms with Gasteiger partial charge in [0.15, 0.2) is 5.78 Å². The second-order valence-corrected chi connectivity index (χ2v) is 3.78. The van der Waals surface area contributed by atoms with E-state index in [1.165, 1.54) is 0 Å². The molecule has 4 heteroatoms. The average Bonchev–Trinajstić information content (AvgIpc) is 2.37. The van der Waals surface area contributed by atoms with Gasteiger partial charge in [0.25, 0.3) is 0 Å². The summed E-state index contributed by atoms with van der Waals surface area (Å²) in [5.74, 6) is 0.765. The van der Waals surface area contributed by atoms with E-state index in [0.717, 1.165) is 13.0 Å². The van der Waals surface area contributed by atoms with Crippen molar-refractivity contribution in [1.82, 2.24) is 10.3 Å². The van der Waals surface area contributed by atoms with Gasteiger partial charge in [-0.25, -0.2) is 0 Å². The fourth-order valence-corrected chi connectivity index (χ4v) is 1.39. The van der Waals surface area contributed by atoms with Crippen molar-refractivity contribution in [3.63, 3.8) is 0 Å². The molecule has 0 atom stereocenters. The van der Waals surface area contributed by atoms with E-state index in [4.69, 9.17) is 4.74 Å². The van der Waals surface area contributed by atoms with Gasteiger partial charge in [0.2, 0.25) is 0 Å². The zero-order chi connectivity index (χ0) is 12.5. The lowest BCUT2D eigenvalue weighted by Gasteiger charge is -2.06. The molecule has 0 bridgehead atoms. The molecule has 1 heterocycles. The number of ether oxygens (including phenoxy) is 1. The molecule has 0 unspecified atom stereocenters. The highest BCUT2D eigenvalue weighted by Gasteiger charge is 2.07. The first kappa shape index (κ1) is 13.6. The van der Waals surface area contributed by atoms with Crippen molar-refractivity contribution in [2.24, 2.45) is 0 Å². The number of carbonyl (C=O) groups is 1. The molecule has 0 aliphatic heterocycles. The Morgan fingerprint density at radius 2 is 2.24 bits per heavy atom. The summed E-state index contributed by atoms with van der Waals surface area (Å²) in [5, 5.41) is 3.13. The Bertz CT molecular complexity index is 353. The normalized spacial score (nSPS) is 10.2. The second kappa shape index (κ2) is 7.79. The van der Waals surface area contributed by atoms with E-state index in [1.54, 1.807) is 18.5 Å². The average molecular weight is 236 g/mol. The maximum Gasteiger partial charge on any atom is 0.165 e. The van der Waals surface area contributed by atoms with Gasteiger partial charge >= 0.3 is 0 Å². The van der Waals surface area contributed by atoms with Gasteiger partial charge in [-0.1, -0.05) is 13.8 Å². The summed E-state index contributed by atoms with van der Waals surface area (Å²) in [6, 6.07) is 1.76. The summed E-state index contributed by atoms with van der Waals surface area (Å²) >= 11 is 0. The van der Waals surface area contributed by atoms with Gasteiger partial charge < -0.3 is 10.1 Å². The molecule has 1 aromatic heterocycles. The predicted octanol–water partition coefficient (Wildman–Crippen LogP) is 2.05. The van der Waals surface area contributed by atoms with Gasteiger partial charge in [-0.05, 0) is 19.0 Å². The Hall–Kier alpha value is -1.42. The molecule has 0 aliphatic rings. The minimum Gasteiger partial charge on any atom is -0.492 e. The lowest BCUT2D eigenvalue weighted by Crippen LogP contribution is -2.17. The maximum atomic E-state index is 11.8. The molecular weight excluding hydrogens is 216 g/mol. The third-order valence-corrected chi connectivity index (χ3v) is 2.29. The number of rotatable bonds is 8. The molecule has 94 valence electrons. The number of Topliss-reactive ketones (excluding diaryl/α,β-unsaturated/α-hetero) is 1. The Morgan fingerprint density at radius 1 is 1.41 bits per heavy atom. The zero-order valence-electron chi connectivity index (χ0n) is 10.5. The number of hydrogen-bond donors (Lipinski definition) is 1. The lowest BCUT2D eigenvalue weighted by molar-refractivity contribution is 0.0982. The van der Waals surface area contributed by atoms with Crippen LogP contribution in [0.25, 0.3) is 0 Å². The molecule has 0 spiro atoms. The summed E-state index contributed by atoms with van der Waals surface area (Å²) in [6.07, 6.45) is 4.66. The smallest absolute Gasteiger partial charge is 0.165 e. The van der Waals surface area contributed by atoms with Gasteiger partial charge in [0, 0.05) is 24.7 Å². The van der Waals surface area contributed by atoms with Crippen molar-refractivity contribution in [3.8, 4) is 5.75 Å². The number of carbonyl (C=O) groups excluding carboxylic acids is 1. The van der Waals surface area contributed by atoms with Crippen LogP contribution < -0.4 is 10.1 Å². The minimum atomic E-state index is 0.0976. The van der Waals surface area contributed by atoms with E-state index in [-0.39, 0.29) is 5.78 Å². The van der Waals surface area contributed by atoms with Crippen molar-refractivity contribution in [3.05, 3.63) is 24.0 Å². The Morgan fingerprint density at radius 3 is 2.94 bits per heavy atom. The predicted molar refractivity (Wildman–Crippen MR) is 67.5 cm³/mol. The minimum absolute atomic E-state index is 0.0976. The van der Waals surface area contributed by atoms with Crippen molar-refractivity contribution in [1.29, 1.82) is 0 Å². The van der Waals surface area contributed by atoms with Crippen molar-refractivity contribution in [2.75, 3.05) is 19.7 Å². The molecular formula is C13H20N2O2. The summed E-state index contributed by atoms with van der Waals surface area (Å²) < 4.78 is 5.44. The number of aromatic nitrogens is 1. The fraction of sp³-hybridized carbons (Fsp3) is 0.538. The summed E-state index contributed by atoms with van der Waals surface area (Å²) in [6.45, 7) is 6.29. The number of nitrogens with one attached hydrogen (secondary N) is 1. The first-order valence-electron chi connectivity index (χ1n) is 6.09. The largest absolute Gasteiger partial charge is 0.492 e. The van der Waals surface area contributed by atoms with Gasteiger partial charge in [0.05, 0.1) is 12.8 Å². The van der Waals surface area contributed by atoms with Gasteiger partial charge in [-0.2, -0.15) is 0 Å². The number of nitrogens with zero attached hydrogens (tertiary/aromatic N) is 1. The molecule has 1 N–H and O–H groups in total. The first-order valence-corrected chi connectivity index (χ1v) is 6.09. The highest BCUT2D eigenvalue weighted by molar-refractivity contribution is 5.96. The van der Waals surface area contributed by atoms with E-state index in [0.29, 0.717) is 30.9 Å². The maximum absolute atomic E-state index is 11.8. The fourth-order valence-electron chi connectivity index (χ4n) is 1.39. The monoisotopic (exact) mass is 236 g/mol. The van der Waals surface area contributed by atoms with E-state index in [9.17, 15) is 4.79 Å². The topological polar surface area (TPSA) is 51.2 Å². The van der Waals surface area contributed by atoms with E-state index >= 15 is 0 Å². The van der Waals surface area contributed by atoms with Crippen LogP contribution in [-0.4, -0.2) is 30.5 Å². The summed E-state index contributed by atoms with van der Waals surface area (Å²) in [4.78, 5) is 15.8.